The van der Waals surface area contributed by atoms with Gasteiger partial charge in [-0.1, -0.05) is 46.8 Å². The molecule has 4 N–H and O–H groups in total. The summed E-state index contributed by atoms with van der Waals surface area (Å²) in [6.07, 6.45) is 3.54. The first-order valence-electron chi connectivity index (χ1n) is 17.9. The van der Waals surface area contributed by atoms with Crippen LogP contribution in [0, 0.1) is 25.6 Å². The van der Waals surface area contributed by atoms with E-state index >= 15 is 0 Å². The van der Waals surface area contributed by atoms with Crippen LogP contribution < -0.4 is 10.6 Å². The van der Waals surface area contributed by atoms with Gasteiger partial charge in [0.2, 0.25) is 0 Å². The molecule has 0 radical (unpaired) electrons. The molecular weight excluding hydrogens is 627 g/mol. The van der Waals surface area contributed by atoms with Gasteiger partial charge in [-0.3, -0.25) is 4.79 Å². The summed E-state index contributed by atoms with van der Waals surface area (Å²) < 4.78 is 15.8. The van der Waals surface area contributed by atoms with Gasteiger partial charge in [-0.05, 0) is 124 Å². The van der Waals surface area contributed by atoms with Gasteiger partial charge >= 0.3 is 0 Å². The van der Waals surface area contributed by atoms with Gasteiger partial charge in [0, 0.05) is 57.9 Å². The lowest BCUT2D eigenvalue weighted by atomic mass is 10.0. The number of carbonyl (C=O) groups is 1. The van der Waals surface area contributed by atoms with Gasteiger partial charge in [0.25, 0.3) is 5.91 Å². The number of hydrogen-bond donors (Lipinski definition) is 4. The Morgan fingerprint density at radius 3 is 2.10 bits per heavy atom. The number of rotatable bonds is 14. The van der Waals surface area contributed by atoms with Gasteiger partial charge < -0.3 is 30.3 Å². The zero-order chi connectivity index (χ0) is 36.4. The van der Waals surface area contributed by atoms with Crippen molar-refractivity contribution in [3.63, 3.8) is 0 Å². The Morgan fingerprint density at radius 1 is 0.840 bits per heavy atom. The molecule has 0 bridgehead atoms. The number of aromatic hydroxyl groups is 2. The highest BCUT2D eigenvalue weighted by Gasteiger charge is 2.16. The number of anilines is 3. The van der Waals surface area contributed by atoms with Crippen molar-refractivity contribution >= 4 is 33.9 Å². The molecule has 5 rings (SSSR count). The third-order valence-electron chi connectivity index (χ3n) is 8.98. The monoisotopic (exact) mass is 680 g/mol. The molecule has 50 heavy (non-hydrogen) atoms. The number of benzene rings is 4. The number of fused-ring (bicyclic) bond motifs is 1. The molecule has 0 saturated heterocycles. The summed E-state index contributed by atoms with van der Waals surface area (Å²) in [4.78, 5) is 15.6. The Kier molecular flexibility index (Phi) is 13.5. The molecule has 266 valence electrons. The highest BCUT2D eigenvalue weighted by atomic mass is 19.1. The van der Waals surface area contributed by atoms with E-state index in [2.05, 4.69) is 72.9 Å². The predicted octanol–water partition coefficient (Wildman–Crippen LogP) is 10.6. The Morgan fingerprint density at radius 2 is 1.48 bits per heavy atom. The molecule has 4 aromatic carbocycles. The normalized spacial score (nSPS) is 11.2. The number of hydrogen-bond acceptors (Lipinski definition) is 5. The van der Waals surface area contributed by atoms with Gasteiger partial charge in [-0.15, -0.1) is 0 Å². The van der Waals surface area contributed by atoms with E-state index in [9.17, 15) is 19.4 Å². The first-order valence-corrected chi connectivity index (χ1v) is 17.9. The van der Waals surface area contributed by atoms with Crippen LogP contribution in [0.3, 0.4) is 0 Å². The van der Waals surface area contributed by atoms with Gasteiger partial charge in [-0.25, -0.2) is 4.39 Å². The van der Waals surface area contributed by atoms with Crippen LogP contribution in [0.1, 0.15) is 75.5 Å². The first kappa shape index (κ1) is 38.0. The molecule has 0 aliphatic heterocycles. The number of phenols is 2. The van der Waals surface area contributed by atoms with Crippen LogP contribution in [0.5, 0.6) is 11.5 Å². The lowest BCUT2D eigenvalue weighted by molar-refractivity contribution is 0.102. The number of aromatic nitrogens is 1. The second-order valence-electron chi connectivity index (χ2n) is 13.0. The van der Waals surface area contributed by atoms with E-state index < -0.39 is 5.82 Å². The summed E-state index contributed by atoms with van der Waals surface area (Å²) in [6.45, 7) is 19.7. The number of aryl methyl sites for hydroxylation is 2. The van der Waals surface area contributed by atoms with Crippen molar-refractivity contribution in [3.05, 3.63) is 102 Å². The summed E-state index contributed by atoms with van der Waals surface area (Å²) in [5, 5.41) is 28.5. The average molecular weight is 681 g/mol. The molecular formula is C42H53FN4O3. The highest BCUT2D eigenvalue weighted by molar-refractivity contribution is 6.05. The maximum absolute atomic E-state index is 13.3. The summed E-state index contributed by atoms with van der Waals surface area (Å²) in [5.74, 6) is -0.547. The maximum Gasteiger partial charge on any atom is 0.255 e. The number of nitrogens with one attached hydrogen (secondary N) is 2. The fourth-order valence-electron chi connectivity index (χ4n) is 6.23. The molecule has 0 aliphatic rings. The summed E-state index contributed by atoms with van der Waals surface area (Å²) in [5.41, 5.74) is 6.91. The van der Waals surface area contributed by atoms with Crippen molar-refractivity contribution in [1.29, 1.82) is 0 Å². The van der Waals surface area contributed by atoms with Crippen molar-refractivity contribution in [2.45, 2.75) is 74.3 Å². The minimum absolute atomic E-state index is 0.162. The maximum atomic E-state index is 13.3. The van der Waals surface area contributed by atoms with Crippen molar-refractivity contribution in [2.24, 2.45) is 5.92 Å². The molecule has 1 heterocycles. The first-order chi connectivity index (χ1) is 24.0. The molecule has 0 unspecified atom stereocenters. The molecule has 7 nitrogen and oxygen atoms in total. The van der Waals surface area contributed by atoms with Gasteiger partial charge in [0.15, 0.2) is 0 Å². The van der Waals surface area contributed by atoms with E-state index in [1.807, 2.05) is 26.0 Å². The second-order valence-corrected chi connectivity index (χ2v) is 13.0. The minimum Gasteiger partial charge on any atom is -0.507 e. The van der Waals surface area contributed by atoms with Crippen LogP contribution in [-0.2, 0) is 6.54 Å². The second kappa shape index (κ2) is 17.7. The zero-order valence-electron chi connectivity index (χ0n) is 30.6. The number of phenolic OH excluding ortho intramolecular Hbond substituents is 2. The third-order valence-corrected chi connectivity index (χ3v) is 8.98. The summed E-state index contributed by atoms with van der Waals surface area (Å²) >= 11 is 0. The fraction of sp³-hybridized carbons (Fsp3) is 0.357. The Labute approximate surface area is 296 Å². The average Bonchev–Trinajstić information content (AvgIpc) is 3.33. The Balaban J connectivity index is 0.00000276. The Bertz CT molecular complexity index is 1840. The van der Waals surface area contributed by atoms with Gasteiger partial charge in [0.1, 0.15) is 17.3 Å². The smallest absolute Gasteiger partial charge is 0.255 e. The molecule has 8 heteroatoms. The van der Waals surface area contributed by atoms with Crippen molar-refractivity contribution in [2.75, 3.05) is 30.3 Å². The molecule has 1 aromatic heterocycles. The van der Waals surface area contributed by atoms with Crippen molar-refractivity contribution in [1.82, 2.24) is 9.47 Å². The number of halogens is 1. The zero-order valence-corrected chi connectivity index (χ0v) is 30.6. The van der Waals surface area contributed by atoms with Crippen LogP contribution in [0.4, 0.5) is 21.5 Å². The van der Waals surface area contributed by atoms with Gasteiger partial charge in [0.05, 0.1) is 5.56 Å². The van der Waals surface area contributed by atoms with E-state index in [-0.39, 0.29) is 28.7 Å². The van der Waals surface area contributed by atoms with E-state index in [0.29, 0.717) is 11.1 Å². The lowest BCUT2D eigenvalue weighted by Crippen LogP contribution is -2.28. The van der Waals surface area contributed by atoms with Gasteiger partial charge in [-0.2, -0.15) is 0 Å². The van der Waals surface area contributed by atoms with Crippen molar-refractivity contribution in [3.8, 4) is 22.6 Å². The molecule has 1 amide bonds. The minimum atomic E-state index is -0.420. The van der Waals surface area contributed by atoms with Crippen LogP contribution >= 0.6 is 0 Å². The van der Waals surface area contributed by atoms with Crippen LogP contribution in [0.15, 0.2) is 78.9 Å². The van der Waals surface area contributed by atoms with Crippen LogP contribution in [-0.4, -0.2) is 45.2 Å². The fourth-order valence-corrected chi connectivity index (χ4v) is 6.23. The van der Waals surface area contributed by atoms with Crippen LogP contribution in [0.25, 0.3) is 22.0 Å². The molecule has 0 spiro atoms. The number of nitrogens with zero attached hydrogens (tertiary/aromatic N) is 2. The standard InChI is InChI=1S/C40H47FN4O3.C2H6/c1-6-19-44(22-18-26(2)3)20-7-21-45-28(5)27(4)35-23-33(16-17-36(35)45)42-32-14-10-30(11-15-32)40(48)43-34-24-37(46)39(38(47)25-34)29-8-12-31(41)13-9-29;1-2/h8-17,23-26,42,46-47H,6-7,18-22H2,1-5H3,(H,43,48);1-2H3. The largest absolute Gasteiger partial charge is 0.507 e. The highest BCUT2D eigenvalue weighted by Crippen LogP contribution is 2.40. The SMILES string of the molecule is CC.CCCN(CCCn1c(C)c(C)c2cc(Nc3ccc(C(=O)Nc4cc(O)c(-c5ccc(F)cc5)c(O)c4)cc3)ccc21)CCC(C)C. The Hall–Kier alpha value is -4.82. The number of carbonyl (C=O) groups excluding carboxylic acids is 1. The molecule has 0 atom stereocenters. The van der Waals surface area contributed by atoms with Crippen LogP contribution in [0.2, 0.25) is 0 Å². The topological polar surface area (TPSA) is 89.8 Å². The molecule has 0 fully saturated rings. The van der Waals surface area contributed by atoms with E-state index in [1.165, 1.54) is 77.9 Å². The summed E-state index contributed by atoms with van der Waals surface area (Å²) in [6, 6.07) is 21.7. The van der Waals surface area contributed by atoms with E-state index in [4.69, 9.17) is 0 Å². The van der Waals surface area contributed by atoms with E-state index in [1.54, 1.807) is 12.1 Å². The lowest BCUT2D eigenvalue weighted by Gasteiger charge is -2.23. The molecule has 0 saturated carbocycles. The third kappa shape index (κ3) is 9.45. The quantitative estimate of drug-likeness (QED) is 0.0937. The van der Waals surface area contributed by atoms with Crippen molar-refractivity contribution < 1.29 is 19.4 Å². The molecule has 5 aromatic rings. The predicted molar refractivity (Wildman–Crippen MR) is 206 cm³/mol. The van der Waals surface area contributed by atoms with E-state index in [0.717, 1.165) is 43.3 Å². The summed E-state index contributed by atoms with van der Waals surface area (Å²) in [7, 11) is 0. The molecule has 0 aliphatic carbocycles. The number of amides is 1.